The van der Waals surface area contributed by atoms with Gasteiger partial charge in [-0.25, -0.2) is 0 Å². The van der Waals surface area contributed by atoms with E-state index in [1.54, 1.807) is 0 Å². The minimum Gasteiger partial charge on any atom is -0.0984 e. The molecular weight excluding hydrogens is 188 g/mol. The molecule has 0 fully saturated rings. The summed E-state index contributed by atoms with van der Waals surface area (Å²) in [5.41, 5.74) is 1.24. The summed E-state index contributed by atoms with van der Waals surface area (Å²) in [6.45, 7) is 8.23. The average Bonchev–Trinajstić information content (AvgIpc) is 1.98. The van der Waals surface area contributed by atoms with E-state index in [4.69, 9.17) is 0 Å². The molecule has 0 N–H and O–H groups in total. The lowest BCUT2D eigenvalue weighted by atomic mass is 10.0. The summed E-state index contributed by atoms with van der Waals surface area (Å²) in [7, 11) is 0. The summed E-state index contributed by atoms with van der Waals surface area (Å²) in [4.78, 5) is 0. The van der Waals surface area contributed by atoms with E-state index in [2.05, 4.69) is 48.5 Å². The zero-order chi connectivity index (χ0) is 7.98. The highest BCUT2D eigenvalue weighted by Crippen LogP contribution is 2.11. The molecule has 1 atom stereocenters. The first-order valence-electron chi connectivity index (χ1n) is 3.62. The van der Waals surface area contributed by atoms with Crippen LogP contribution in [0.3, 0.4) is 0 Å². The van der Waals surface area contributed by atoms with Gasteiger partial charge in [0.25, 0.3) is 0 Å². The Kier molecular flexibility index (Phi) is 5.70. The van der Waals surface area contributed by atoms with E-state index in [-0.39, 0.29) is 0 Å². The van der Waals surface area contributed by atoms with Gasteiger partial charge in [0.1, 0.15) is 0 Å². The Hall–Kier alpha value is -0.0400. The van der Waals surface area contributed by atoms with Crippen LogP contribution in [0.15, 0.2) is 24.3 Å². The lowest BCUT2D eigenvalue weighted by Crippen LogP contribution is -1.94. The monoisotopic (exact) mass is 202 g/mol. The molecule has 10 heavy (non-hydrogen) atoms. The van der Waals surface area contributed by atoms with Crippen molar-refractivity contribution >= 4 is 15.9 Å². The smallest absolute Gasteiger partial charge is 0.0244 e. The number of hydrogen-bond acceptors (Lipinski definition) is 0. The van der Waals surface area contributed by atoms with E-state index in [9.17, 15) is 0 Å². The quantitative estimate of drug-likeness (QED) is 0.484. The molecule has 1 heteroatoms. The van der Waals surface area contributed by atoms with E-state index >= 15 is 0 Å². The summed E-state index contributed by atoms with van der Waals surface area (Å²) in [5.74, 6) is 0.513. The summed E-state index contributed by atoms with van der Waals surface area (Å²) in [5, 5.41) is 0.905. The third-order valence-corrected chi connectivity index (χ3v) is 2.20. The van der Waals surface area contributed by atoms with Crippen LogP contribution in [0, 0.1) is 5.92 Å². The van der Waals surface area contributed by atoms with Crippen LogP contribution in [-0.4, -0.2) is 5.33 Å². The van der Waals surface area contributed by atoms with Gasteiger partial charge in [-0.05, 0) is 12.3 Å². The lowest BCUT2D eigenvalue weighted by molar-refractivity contribution is 0.868. The minimum atomic E-state index is 0.513. The van der Waals surface area contributed by atoms with Crippen molar-refractivity contribution < 1.29 is 0 Å². The molecule has 0 aromatic rings. The van der Waals surface area contributed by atoms with Crippen molar-refractivity contribution in [3.05, 3.63) is 24.3 Å². The minimum absolute atomic E-state index is 0.513. The predicted molar refractivity (Wildman–Crippen MR) is 51.5 cm³/mol. The second kappa shape index (κ2) is 5.72. The molecule has 0 nitrogen and oxygen atoms in total. The SMILES string of the molecule is C=C(CBr)C(C)/C=C\CC. The fourth-order valence-corrected chi connectivity index (χ4v) is 1.11. The van der Waals surface area contributed by atoms with Crippen LogP contribution in [-0.2, 0) is 0 Å². The molecule has 0 aliphatic heterocycles. The van der Waals surface area contributed by atoms with Crippen molar-refractivity contribution in [1.29, 1.82) is 0 Å². The lowest BCUT2D eigenvalue weighted by Gasteiger charge is -2.05. The van der Waals surface area contributed by atoms with Crippen LogP contribution in [0.25, 0.3) is 0 Å². The molecular formula is C9H15Br. The zero-order valence-electron chi connectivity index (χ0n) is 6.73. The Bertz CT molecular complexity index is 125. The molecule has 0 rings (SSSR count). The van der Waals surface area contributed by atoms with E-state index < -0.39 is 0 Å². The van der Waals surface area contributed by atoms with Crippen molar-refractivity contribution in [2.75, 3.05) is 5.33 Å². The molecule has 1 unspecified atom stereocenters. The first kappa shape index (κ1) is 9.96. The highest BCUT2D eigenvalue weighted by Gasteiger charge is 1.98. The van der Waals surface area contributed by atoms with E-state index in [1.165, 1.54) is 5.57 Å². The molecule has 0 bridgehead atoms. The molecule has 0 spiro atoms. The maximum absolute atomic E-state index is 3.93. The van der Waals surface area contributed by atoms with Crippen molar-refractivity contribution in [2.24, 2.45) is 5.92 Å². The van der Waals surface area contributed by atoms with E-state index in [0.29, 0.717) is 5.92 Å². The van der Waals surface area contributed by atoms with E-state index in [0.717, 1.165) is 11.8 Å². The number of rotatable bonds is 4. The maximum Gasteiger partial charge on any atom is 0.0244 e. The Morgan fingerprint density at radius 2 is 2.30 bits per heavy atom. The zero-order valence-corrected chi connectivity index (χ0v) is 8.32. The predicted octanol–water partition coefficient (Wildman–Crippen LogP) is 3.54. The van der Waals surface area contributed by atoms with Crippen molar-refractivity contribution in [3.63, 3.8) is 0 Å². The highest BCUT2D eigenvalue weighted by atomic mass is 79.9. The second-order valence-electron chi connectivity index (χ2n) is 2.42. The Labute approximate surface area is 72.1 Å². The third-order valence-electron chi connectivity index (χ3n) is 1.48. The molecule has 0 aromatic carbocycles. The molecule has 0 saturated carbocycles. The van der Waals surface area contributed by atoms with Crippen LogP contribution < -0.4 is 0 Å². The van der Waals surface area contributed by atoms with Gasteiger partial charge in [-0.1, -0.05) is 54.1 Å². The summed E-state index contributed by atoms with van der Waals surface area (Å²) in [6.07, 6.45) is 5.49. The van der Waals surface area contributed by atoms with Gasteiger partial charge >= 0.3 is 0 Å². The van der Waals surface area contributed by atoms with Gasteiger partial charge in [0.15, 0.2) is 0 Å². The van der Waals surface area contributed by atoms with Crippen LogP contribution in [0.4, 0.5) is 0 Å². The molecule has 58 valence electrons. The number of hydrogen-bond donors (Lipinski definition) is 0. The van der Waals surface area contributed by atoms with Gasteiger partial charge in [0.2, 0.25) is 0 Å². The van der Waals surface area contributed by atoms with Gasteiger partial charge < -0.3 is 0 Å². The molecule has 0 saturated heterocycles. The second-order valence-corrected chi connectivity index (χ2v) is 2.98. The average molecular weight is 203 g/mol. The molecule has 0 aliphatic rings. The number of alkyl halides is 1. The Morgan fingerprint density at radius 1 is 1.70 bits per heavy atom. The molecule has 0 amide bonds. The first-order chi connectivity index (χ1) is 4.72. The van der Waals surface area contributed by atoms with Crippen molar-refractivity contribution in [2.45, 2.75) is 20.3 Å². The fourth-order valence-electron chi connectivity index (χ4n) is 0.598. The third kappa shape index (κ3) is 3.89. The molecule has 0 aliphatic carbocycles. The van der Waals surface area contributed by atoms with Gasteiger partial charge in [0, 0.05) is 5.33 Å². The summed E-state index contributed by atoms with van der Waals surface area (Å²) in [6, 6.07) is 0. The number of allylic oxidation sites excluding steroid dienone is 3. The fraction of sp³-hybridized carbons (Fsp3) is 0.556. The maximum atomic E-state index is 3.93. The Balaban J connectivity index is 3.72. The van der Waals surface area contributed by atoms with Crippen molar-refractivity contribution in [3.8, 4) is 0 Å². The molecule has 0 aromatic heterocycles. The molecule has 0 radical (unpaired) electrons. The summed E-state index contributed by atoms with van der Waals surface area (Å²) < 4.78 is 0. The van der Waals surface area contributed by atoms with Gasteiger partial charge in [0.05, 0.1) is 0 Å². The Morgan fingerprint density at radius 3 is 2.70 bits per heavy atom. The van der Waals surface area contributed by atoms with Crippen LogP contribution in [0.1, 0.15) is 20.3 Å². The topological polar surface area (TPSA) is 0 Å². The highest BCUT2D eigenvalue weighted by molar-refractivity contribution is 9.09. The molecule has 0 heterocycles. The standard InChI is InChI=1S/C9H15Br/c1-4-5-6-8(2)9(3)7-10/h5-6,8H,3-4,7H2,1-2H3/b6-5-. The van der Waals surface area contributed by atoms with Crippen LogP contribution >= 0.6 is 15.9 Å². The van der Waals surface area contributed by atoms with Crippen LogP contribution in [0.5, 0.6) is 0 Å². The van der Waals surface area contributed by atoms with Gasteiger partial charge in [-0.2, -0.15) is 0 Å². The summed E-state index contributed by atoms with van der Waals surface area (Å²) >= 11 is 3.37. The largest absolute Gasteiger partial charge is 0.0984 e. The van der Waals surface area contributed by atoms with Gasteiger partial charge in [-0.3, -0.25) is 0 Å². The van der Waals surface area contributed by atoms with Crippen LogP contribution in [0.2, 0.25) is 0 Å². The number of halogens is 1. The first-order valence-corrected chi connectivity index (χ1v) is 4.74. The van der Waals surface area contributed by atoms with Crippen molar-refractivity contribution in [1.82, 2.24) is 0 Å². The van der Waals surface area contributed by atoms with Gasteiger partial charge in [-0.15, -0.1) is 0 Å². The normalized spacial score (nSPS) is 13.9. The van der Waals surface area contributed by atoms with E-state index in [1.807, 2.05) is 0 Å².